The molecule has 1 atom stereocenters. The second-order valence-corrected chi connectivity index (χ2v) is 9.36. The molecule has 1 aromatic heterocycles. The fraction of sp³-hybridized carbons (Fsp3) is 0.500. The number of benzene rings is 1. The lowest BCUT2D eigenvalue weighted by molar-refractivity contribution is 0.251. The Bertz CT molecular complexity index is 816. The van der Waals surface area contributed by atoms with Crippen LogP contribution in [0.25, 0.3) is 6.08 Å². The monoisotopic (exact) mass is 485 g/mol. The normalized spacial score (nSPS) is 15.6. The van der Waals surface area contributed by atoms with Gasteiger partial charge in [-0.25, -0.2) is 4.98 Å². The van der Waals surface area contributed by atoms with E-state index in [4.69, 9.17) is 4.74 Å². The molecule has 1 fully saturated rings. The standard InChI is InChI=1S/C26H36BrN3O/c1-4-7-20(3)28-19-23-24(27)8-6-9-25(23)30-15-12-22(13-16-30)14-17-31-26-11-10-21(5-2)18-29-26/h5-6,8-11,18,20,22,28H,2,4,7,12-17,19H2,1,3H3. The highest BCUT2D eigenvalue weighted by molar-refractivity contribution is 9.10. The molecule has 0 spiro atoms. The van der Waals surface area contributed by atoms with Crippen LogP contribution in [0.2, 0.25) is 0 Å². The van der Waals surface area contributed by atoms with Gasteiger partial charge in [0.2, 0.25) is 5.88 Å². The van der Waals surface area contributed by atoms with E-state index in [0.29, 0.717) is 17.8 Å². The highest BCUT2D eigenvalue weighted by Gasteiger charge is 2.22. The number of rotatable bonds is 11. The van der Waals surface area contributed by atoms with E-state index in [1.807, 2.05) is 12.1 Å². The van der Waals surface area contributed by atoms with Gasteiger partial charge in [-0.05, 0) is 62.3 Å². The molecule has 168 valence electrons. The van der Waals surface area contributed by atoms with Crippen LogP contribution in [-0.2, 0) is 6.54 Å². The third kappa shape index (κ3) is 7.08. The van der Waals surface area contributed by atoms with Crippen molar-refractivity contribution in [3.8, 4) is 5.88 Å². The van der Waals surface area contributed by atoms with Gasteiger partial charge in [-0.15, -0.1) is 0 Å². The van der Waals surface area contributed by atoms with Crippen LogP contribution in [0.5, 0.6) is 5.88 Å². The molecule has 0 amide bonds. The Hall–Kier alpha value is -1.85. The van der Waals surface area contributed by atoms with Gasteiger partial charge in [-0.3, -0.25) is 0 Å². The van der Waals surface area contributed by atoms with Crippen molar-refractivity contribution in [3.63, 3.8) is 0 Å². The van der Waals surface area contributed by atoms with Crippen LogP contribution in [-0.4, -0.2) is 30.7 Å². The maximum absolute atomic E-state index is 5.86. The first-order chi connectivity index (χ1) is 15.1. The summed E-state index contributed by atoms with van der Waals surface area (Å²) in [6.45, 7) is 12.1. The quantitative estimate of drug-likeness (QED) is 0.396. The van der Waals surface area contributed by atoms with Crippen LogP contribution in [0.1, 0.15) is 57.1 Å². The van der Waals surface area contributed by atoms with Gasteiger partial charge in [0, 0.05) is 53.7 Å². The molecule has 1 saturated heterocycles. The topological polar surface area (TPSA) is 37.4 Å². The molecule has 5 heteroatoms. The second-order valence-electron chi connectivity index (χ2n) is 8.51. The summed E-state index contributed by atoms with van der Waals surface area (Å²) >= 11 is 3.79. The van der Waals surface area contributed by atoms with E-state index in [9.17, 15) is 0 Å². The number of anilines is 1. The van der Waals surface area contributed by atoms with E-state index in [2.05, 4.69) is 69.8 Å². The summed E-state index contributed by atoms with van der Waals surface area (Å²) in [5.74, 6) is 1.41. The molecule has 4 nitrogen and oxygen atoms in total. The Morgan fingerprint density at radius 1 is 1.29 bits per heavy atom. The van der Waals surface area contributed by atoms with E-state index >= 15 is 0 Å². The summed E-state index contributed by atoms with van der Waals surface area (Å²) in [4.78, 5) is 6.89. The van der Waals surface area contributed by atoms with Crippen molar-refractivity contribution in [1.29, 1.82) is 0 Å². The van der Waals surface area contributed by atoms with Gasteiger partial charge in [-0.2, -0.15) is 0 Å². The molecule has 31 heavy (non-hydrogen) atoms. The van der Waals surface area contributed by atoms with E-state index in [-0.39, 0.29) is 0 Å². The zero-order valence-electron chi connectivity index (χ0n) is 18.9. The molecule has 0 saturated carbocycles. The third-order valence-electron chi connectivity index (χ3n) is 6.17. The lowest BCUT2D eigenvalue weighted by Gasteiger charge is -2.35. The number of nitrogens with zero attached hydrogens (tertiary/aromatic N) is 2. The SMILES string of the molecule is C=Cc1ccc(OCCC2CCN(c3cccc(Br)c3CNC(C)CCC)CC2)nc1. The molecular formula is C26H36BrN3O. The number of hydrogen-bond acceptors (Lipinski definition) is 4. The number of ether oxygens (including phenoxy) is 1. The number of aromatic nitrogens is 1. The van der Waals surface area contributed by atoms with Gasteiger partial charge in [-0.1, -0.05) is 48.0 Å². The zero-order valence-corrected chi connectivity index (χ0v) is 20.5. The largest absolute Gasteiger partial charge is 0.478 e. The molecule has 1 N–H and O–H groups in total. The van der Waals surface area contributed by atoms with E-state index < -0.39 is 0 Å². The minimum atomic E-state index is 0.540. The predicted molar refractivity (Wildman–Crippen MR) is 135 cm³/mol. The first-order valence-corrected chi connectivity index (χ1v) is 12.4. The fourth-order valence-electron chi connectivity index (χ4n) is 4.22. The van der Waals surface area contributed by atoms with Crippen molar-refractivity contribution in [2.75, 3.05) is 24.6 Å². The lowest BCUT2D eigenvalue weighted by atomic mass is 9.93. The van der Waals surface area contributed by atoms with E-state index in [0.717, 1.165) is 38.2 Å². The predicted octanol–water partition coefficient (Wildman–Crippen LogP) is 6.45. The summed E-state index contributed by atoms with van der Waals surface area (Å²) in [5.41, 5.74) is 3.76. The van der Waals surface area contributed by atoms with Crippen LogP contribution in [0.4, 0.5) is 5.69 Å². The molecule has 1 aliphatic heterocycles. The van der Waals surface area contributed by atoms with E-state index in [1.54, 1.807) is 12.3 Å². The maximum Gasteiger partial charge on any atom is 0.213 e. The molecule has 2 heterocycles. The fourth-order valence-corrected chi connectivity index (χ4v) is 4.72. The highest BCUT2D eigenvalue weighted by Crippen LogP contribution is 2.32. The van der Waals surface area contributed by atoms with Gasteiger partial charge in [0.25, 0.3) is 0 Å². The summed E-state index contributed by atoms with van der Waals surface area (Å²) in [7, 11) is 0. The highest BCUT2D eigenvalue weighted by atomic mass is 79.9. The average Bonchev–Trinajstić information content (AvgIpc) is 2.79. The van der Waals surface area contributed by atoms with Gasteiger partial charge < -0.3 is 15.0 Å². The molecule has 0 bridgehead atoms. The van der Waals surface area contributed by atoms with Crippen molar-refractivity contribution in [2.45, 2.75) is 58.5 Å². The minimum absolute atomic E-state index is 0.540. The molecule has 0 aliphatic carbocycles. The molecule has 3 rings (SSSR count). The van der Waals surface area contributed by atoms with Crippen LogP contribution >= 0.6 is 15.9 Å². The van der Waals surface area contributed by atoms with Crippen LogP contribution in [0, 0.1) is 5.92 Å². The Balaban J connectivity index is 1.48. The van der Waals surface area contributed by atoms with Crippen LogP contribution < -0.4 is 15.0 Å². The Labute approximate surface area is 196 Å². The molecule has 1 aliphatic rings. The molecule has 0 radical (unpaired) electrons. The van der Waals surface area contributed by atoms with Gasteiger partial charge in [0.15, 0.2) is 0 Å². The van der Waals surface area contributed by atoms with Crippen molar-refractivity contribution < 1.29 is 4.74 Å². The summed E-state index contributed by atoms with van der Waals surface area (Å²) in [6.07, 6.45) is 9.51. The summed E-state index contributed by atoms with van der Waals surface area (Å²) < 4.78 is 7.06. The summed E-state index contributed by atoms with van der Waals surface area (Å²) in [6, 6.07) is 11.0. The number of halogens is 1. The maximum atomic E-state index is 5.86. The van der Waals surface area contributed by atoms with Gasteiger partial charge in [0.1, 0.15) is 0 Å². The van der Waals surface area contributed by atoms with Gasteiger partial charge in [0.05, 0.1) is 6.61 Å². The first kappa shape index (κ1) is 23.8. The van der Waals surface area contributed by atoms with Crippen molar-refractivity contribution in [3.05, 3.63) is 58.7 Å². The molecule has 1 unspecified atom stereocenters. The number of nitrogens with one attached hydrogen (secondary N) is 1. The molecule has 2 aromatic rings. The molecular weight excluding hydrogens is 450 g/mol. The first-order valence-electron chi connectivity index (χ1n) is 11.6. The Morgan fingerprint density at radius 2 is 2.10 bits per heavy atom. The number of hydrogen-bond donors (Lipinski definition) is 1. The van der Waals surface area contributed by atoms with Crippen molar-refractivity contribution in [2.24, 2.45) is 5.92 Å². The Kier molecular flexibility index (Phi) is 9.41. The number of piperidine rings is 1. The van der Waals surface area contributed by atoms with E-state index in [1.165, 1.54) is 41.4 Å². The third-order valence-corrected chi connectivity index (χ3v) is 6.91. The zero-order chi connectivity index (χ0) is 22.1. The average molecular weight is 486 g/mol. The van der Waals surface area contributed by atoms with Crippen molar-refractivity contribution >= 4 is 27.7 Å². The van der Waals surface area contributed by atoms with Gasteiger partial charge >= 0.3 is 0 Å². The number of pyridine rings is 1. The summed E-state index contributed by atoms with van der Waals surface area (Å²) in [5, 5.41) is 3.69. The van der Waals surface area contributed by atoms with Crippen LogP contribution in [0.3, 0.4) is 0 Å². The lowest BCUT2D eigenvalue weighted by Crippen LogP contribution is -2.35. The van der Waals surface area contributed by atoms with Crippen LogP contribution in [0.15, 0.2) is 47.6 Å². The Morgan fingerprint density at radius 3 is 2.77 bits per heavy atom. The smallest absolute Gasteiger partial charge is 0.213 e. The minimum Gasteiger partial charge on any atom is -0.478 e. The van der Waals surface area contributed by atoms with Crippen molar-refractivity contribution in [1.82, 2.24) is 10.3 Å². The second kappa shape index (κ2) is 12.3. The molecule has 1 aromatic carbocycles.